The van der Waals surface area contributed by atoms with Crippen LogP contribution in [0.2, 0.25) is 15.2 Å². The lowest BCUT2D eigenvalue weighted by Crippen LogP contribution is -2.28. The summed E-state index contributed by atoms with van der Waals surface area (Å²) < 4.78 is 5.65. The van der Waals surface area contributed by atoms with Crippen molar-refractivity contribution < 1.29 is 14.2 Å². The van der Waals surface area contributed by atoms with Crippen LogP contribution in [0.4, 0.5) is 5.69 Å². The van der Waals surface area contributed by atoms with Crippen LogP contribution >= 0.6 is 34.8 Å². The van der Waals surface area contributed by atoms with Crippen molar-refractivity contribution in [2.75, 3.05) is 5.73 Å². The minimum absolute atomic E-state index is 0.0157. The highest BCUT2D eigenvalue weighted by Gasteiger charge is 2.36. The van der Waals surface area contributed by atoms with Gasteiger partial charge in [-0.15, -0.1) is 0 Å². The van der Waals surface area contributed by atoms with Crippen LogP contribution in [0, 0.1) is 5.92 Å². The highest BCUT2D eigenvalue weighted by molar-refractivity contribution is 6.45. The standard InChI is InChI=1S/C15H13Cl3N4O2/c1-6-4-8(6)9-3-2-7(24-9)5-20-22-15(23)13-10(16)12(19)11(17)14(18)21-13/h2-3,5-6,8H,4H2,1H3,(H2,19,21)(H,22,23)/p+1/b20-5-/t6-,8-/m1/s1. The number of carbonyl (C=O) groups excluding carboxylic acids is 1. The number of aromatic amines is 1. The summed E-state index contributed by atoms with van der Waals surface area (Å²) in [5, 5.41) is 3.88. The number of amides is 1. The van der Waals surface area contributed by atoms with E-state index in [2.05, 4.69) is 22.4 Å². The van der Waals surface area contributed by atoms with Crippen molar-refractivity contribution in [1.29, 1.82) is 0 Å². The summed E-state index contributed by atoms with van der Waals surface area (Å²) in [6.07, 6.45) is 2.54. The molecule has 2 aromatic heterocycles. The molecule has 1 aliphatic carbocycles. The molecule has 0 aromatic carbocycles. The van der Waals surface area contributed by atoms with E-state index in [4.69, 9.17) is 45.0 Å². The number of nitrogen functional groups attached to an aromatic ring is 1. The normalized spacial score (nSPS) is 19.7. The molecule has 6 nitrogen and oxygen atoms in total. The summed E-state index contributed by atoms with van der Waals surface area (Å²) in [7, 11) is 0. The Morgan fingerprint density at radius 1 is 1.42 bits per heavy atom. The Morgan fingerprint density at radius 2 is 2.12 bits per heavy atom. The Bertz CT molecular complexity index is 834. The van der Waals surface area contributed by atoms with Gasteiger partial charge in [0.15, 0.2) is 0 Å². The number of halogens is 3. The molecule has 2 aromatic rings. The number of hydrogen-bond donors (Lipinski definition) is 2. The van der Waals surface area contributed by atoms with E-state index in [-0.39, 0.29) is 26.6 Å². The molecule has 1 fully saturated rings. The maximum absolute atomic E-state index is 12.1. The molecule has 0 saturated heterocycles. The second-order valence-electron chi connectivity index (χ2n) is 5.61. The molecule has 24 heavy (non-hydrogen) atoms. The number of nitrogens with two attached hydrogens (primary N) is 1. The Balaban J connectivity index is 1.68. The molecule has 2 atom stereocenters. The summed E-state index contributed by atoms with van der Waals surface area (Å²) in [6.45, 7) is 2.17. The first kappa shape index (κ1) is 17.1. The van der Waals surface area contributed by atoms with Crippen molar-refractivity contribution in [2.24, 2.45) is 11.0 Å². The fourth-order valence-corrected chi connectivity index (χ4v) is 2.91. The number of rotatable bonds is 4. The van der Waals surface area contributed by atoms with Crippen molar-refractivity contribution in [3.8, 4) is 0 Å². The van der Waals surface area contributed by atoms with Crippen LogP contribution in [-0.2, 0) is 0 Å². The summed E-state index contributed by atoms with van der Waals surface area (Å²) in [6, 6.07) is 3.72. The summed E-state index contributed by atoms with van der Waals surface area (Å²) in [5.74, 6) is 2.01. The average molecular weight is 389 g/mol. The minimum Gasteiger partial charge on any atom is -0.460 e. The van der Waals surface area contributed by atoms with Gasteiger partial charge in [0.25, 0.3) is 10.8 Å². The molecule has 4 N–H and O–H groups in total. The number of furan rings is 1. The zero-order valence-electron chi connectivity index (χ0n) is 12.6. The van der Waals surface area contributed by atoms with Gasteiger partial charge >= 0.3 is 5.91 Å². The third-order valence-corrected chi connectivity index (χ3v) is 4.99. The van der Waals surface area contributed by atoms with Crippen LogP contribution < -0.4 is 16.1 Å². The van der Waals surface area contributed by atoms with Gasteiger partial charge in [-0.2, -0.15) is 10.1 Å². The van der Waals surface area contributed by atoms with Crippen LogP contribution in [0.15, 0.2) is 21.7 Å². The molecule has 1 amide bonds. The first-order valence-corrected chi connectivity index (χ1v) is 8.30. The molecule has 1 saturated carbocycles. The maximum atomic E-state index is 12.1. The van der Waals surface area contributed by atoms with Gasteiger partial charge in [-0.25, -0.2) is 5.43 Å². The average Bonchev–Trinajstić information content (AvgIpc) is 3.09. The smallest absolute Gasteiger partial charge is 0.337 e. The van der Waals surface area contributed by atoms with Crippen LogP contribution in [-0.4, -0.2) is 12.1 Å². The van der Waals surface area contributed by atoms with E-state index < -0.39 is 5.91 Å². The minimum atomic E-state index is -0.607. The second kappa shape index (κ2) is 6.63. The number of nitrogens with zero attached hydrogens (tertiary/aromatic N) is 1. The highest BCUT2D eigenvalue weighted by Crippen LogP contribution is 2.47. The van der Waals surface area contributed by atoms with Gasteiger partial charge in [0.1, 0.15) is 21.6 Å². The second-order valence-corrected chi connectivity index (χ2v) is 6.75. The molecule has 3 rings (SSSR count). The summed E-state index contributed by atoms with van der Waals surface area (Å²) >= 11 is 17.7. The fourth-order valence-electron chi connectivity index (χ4n) is 2.29. The molecule has 0 aliphatic heterocycles. The molecular formula is C15H14Cl3N4O2+. The first-order chi connectivity index (χ1) is 11.4. The predicted molar refractivity (Wildman–Crippen MR) is 92.7 cm³/mol. The Labute approximate surface area is 153 Å². The van der Waals surface area contributed by atoms with Crippen molar-refractivity contribution in [1.82, 2.24) is 5.43 Å². The molecule has 126 valence electrons. The van der Waals surface area contributed by atoms with E-state index in [9.17, 15) is 4.79 Å². The largest absolute Gasteiger partial charge is 0.460 e. The fraction of sp³-hybridized carbons (Fsp3) is 0.267. The molecular weight excluding hydrogens is 375 g/mol. The van der Waals surface area contributed by atoms with Gasteiger partial charge in [-0.05, 0) is 36.1 Å². The van der Waals surface area contributed by atoms with Crippen molar-refractivity contribution in [3.63, 3.8) is 0 Å². The van der Waals surface area contributed by atoms with Crippen LogP contribution in [0.5, 0.6) is 0 Å². The van der Waals surface area contributed by atoms with E-state index >= 15 is 0 Å². The van der Waals surface area contributed by atoms with Crippen molar-refractivity contribution in [2.45, 2.75) is 19.3 Å². The third kappa shape index (κ3) is 3.36. The van der Waals surface area contributed by atoms with Crippen LogP contribution in [0.1, 0.15) is 41.3 Å². The Hall–Kier alpha value is -1.76. The van der Waals surface area contributed by atoms with Crippen LogP contribution in [0.25, 0.3) is 0 Å². The number of nitrogens with one attached hydrogen (secondary N) is 2. The number of H-pyrrole nitrogens is 1. The van der Waals surface area contributed by atoms with Crippen molar-refractivity contribution in [3.05, 3.63) is 44.5 Å². The van der Waals surface area contributed by atoms with Gasteiger partial charge in [0.05, 0.1) is 11.9 Å². The number of hydrogen-bond acceptors (Lipinski definition) is 4. The number of carbonyl (C=O) groups is 1. The monoisotopic (exact) mass is 387 g/mol. The molecule has 9 heteroatoms. The van der Waals surface area contributed by atoms with E-state index in [1.54, 1.807) is 6.07 Å². The maximum Gasteiger partial charge on any atom is 0.337 e. The Morgan fingerprint density at radius 3 is 2.79 bits per heavy atom. The molecule has 2 heterocycles. The van der Waals surface area contributed by atoms with E-state index in [1.165, 1.54) is 6.21 Å². The van der Waals surface area contributed by atoms with Gasteiger partial charge in [0, 0.05) is 5.92 Å². The van der Waals surface area contributed by atoms with E-state index in [0.717, 1.165) is 12.2 Å². The number of hydrazone groups is 1. The zero-order valence-corrected chi connectivity index (χ0v) is 14.8. The summed E-state index contributed by atoms with van der Waals surface area (Å²) in [4.78, 5) is 14.7. The van der Waals surface area contributed by atoms with Gasteiger partial charge in [-0.3, -0.25) is 4.79 Å². The molecule has 0 spiro atoms. The third-order valence-electron chi connectivity index (χ3n) is 3.83. The zero-order chi connectivity index (χ0) is 17.4. The highest BCUT2D eigenvalue weighted by atomic mass is 35.5. The molecule has 1 aliphatic rings. The number of anilines is 1. The molecule has 0 unspecified atom stereocenters. The molecule has 0 radical (unpaired) electrons. The van der Waals surface area contributed by atoms with Gasteiger partial charge in [0.2, 0.25) is 0 Å². The quantitative estimate of drug-likeness (QED) is 0.476. The summed E-state index contributed by atoms with van der Waals surface area (Å²) in [5.41, 5.74) is 7.99. The van der Waals surface area contributed by atoms with Crippen molar-refractivity contribution >= 4 is 52.6 Å². The van der Waals surface area contributed by atoms with Crippen LogP contribution in [0.3, 0.4) is 0 Å². The molecule has 0 bridgehead atoms. The number of pyridine rings is 1. The lowest BCUT2D eigenvalue weighted by atomic mass is 10.3. The van der Waals surface area contributed by atoms with Gasteiger partial charge < -0.3 is 10.2 Å². The predicted octanol–water partition coefficient (Wildman–Crippen LogP) is 3.52. The lowest BCUT2D eigenvalue weighted by molar-refractivity contribution is -0.379. The van der Waals surface area contributed by atoms with E-state index in [0.29, 0.717) is 17.6 Å². The first-order valence-electron chi connectivity index (χ1n) is 7.17. The lowest BCUT2D eigenvalue weighted by Gasteiger charge is -2.02. The topological polar surface area (TPSA) is 94.8 Å². The SMILES string of the molecule is C[C@@H]1C[C@H]1c1ccc(/C=N\NC(=O)c2[nH+]c(Cl)c(Cl)c(N)c2Cl)o1. The number of aromatic nitrogens is 1. The Kier molecular flexibility index (Phi) is 4.71. The van der Waals surface area contributed by atoms with Gasteiger partial charge in [-0.1, -0.05) is 30.1 Å². The van der Waals surface area contributed by atoms with E-state index in [1.807, 2.05) is 6.07 Å².